The molecule has 0 saturated heterocycles. The minimum absolute atomic E-state index is 0.149. The third kappa shape index (κ3) is 6.98. The lowest BCUT2D eigenvalue weighted by molar-refractivity contribution is -0.127. The van der Waals surface area contributed by atoms with Crippen LogP contribution in [-0.4, -0.2) is 6.18 Å². The molecular formula is C8H9F3. The average molecular weight is 162 g/mol. The van der Waals surface area contributed by atoms with Crippen LogP contribution < -0.4 is 0 Å². The van der Waals surface area contributed by atoms with Crippen LogP contribution in [0.15, 0.2) is 12.2 Å². The summed E-state index contributed by atoms with van der Waals surface area (Å²) in [4.78, 5) is 0. The normalized spacial score (nSPS) is 10.7. The molecule has 0 atom stereocenters. The molecule has 0 heterocycles. The average Bonchev–Trinajstić information content (AvgIpc) is 1.79. The number of alkyl halides is 3. The first-order valence-corrected chi connectivity index (χ1v) is 3.12. The van der Waals surface area contributed by atoms with Crippen molar-refractivity contribution in [2.75, 3.05) is 0 Å². The Balaban J connectivity index is 3.64. The SMILES string of the molecule is C#CCCC(=C)CC(F)(F)F. The van der Waals surface area contributed by atoms with Gasteiger partial charge in [-0.25, -0.2) is 0 Å². The third-order valence-corrected chi connectivity index (χ3v) is 1.07. The number of halogens is 3. The Bertz CT molecular complexity index is 171. The Morgan fingerprint density at radius 1 is 1.45 bits per heavy atom. The van der Waals surface area contributed by atoms with Crippen molar-refractivity contribution in [2.45, 2.75) is 25.4 Å². The van der Waals surface area contributed by atoms with Gasteiger partial charge in [0.15, 0.2) is 0 Å². The summed E-state index contributed by atoms with van der Waals surface area (Å²) in [5, 5.41) is 0. The van der Waals surface area contributed by atoms with Crippen molar-refractivity contribution in [3.63, 3.8) is 0 Å². The van der Waals surface area contributed by atoms with Gasteiger partial charge in [0.05, 0.1) is 6.42 Å². The van der Waals surface area contributed by atoms with E-state index >= 15 is 0 Å². The maximum absolute atomic E-state index is 11.6. The number of rotatable bonds is 3. The lowest BCUT2D eigenvalue weighted by Gasteiger charge is -2.06. The van der Waals surface area contributed by atoms with Crippen LogP contribution in [0.1, 0.15) is 19.3 Å². The summed E-state index contributed by atoms with van der Waals surface area (Å²) in [6, 6.07) is 0. The Hall–Kier alpha value is -0.910. The minimum Gasteiger partial charge on any atom is -0.171 e. The second-order valence-electron chi connectivity index (χ2n) is 2.25. The molecule has 3 heteroatoms. The van der Waals surface area contributed by atoms with Gasteiger partial charge in [0.1, 0.15) is 0 Å². The summed E-state index contributed by atoms with van der Waals surface area (Å²) in [6.45, 7) is 3.26. The number of terminal acetylenes is 1. The second-order valence-corrected chi connectivity index (χ2v) is 2.25. The largest absolute Gasteiger partial charge is 0.392 e. The first kappa shape index (κ1) is 10.1. The smallest absolute Gasteiger partial charge is 0.171 e. The van der Waals surface area contributed by atoms with Gasteiger partial charge in [-0.1, -0.05) is 12.2 Å². The van der Waals surface area contributed by atoms with E-state index in [-0.39, 0.29) is 12.0 Å². The van der Waals surface area contributed by atoms with Crippen molar-refractivity contribution in [1.82, 2.24) is 0 Å². The van der Waals surface area contributed by atoms with Crippen LogP contribution in [0.2, 0.25) is 0 Å². The van der Waals surface area contributed by atoms with Gasteiger partial charge in [-0.15, -0.1) is 12.3 Å². The fourth-order valence-electron chi connectivity index (χ4n) is 0.621. The zero-order chi connectivity index (χ0) is 8.91. The van der Waals surface area contributed by atoms with E-state index in [0.717, 1.165) is 0 Å². The number of hydrogen-bond acceptors (Lipinski definition) is 0. The first-order valence-electron chi connectivity index (χ1n) is 3.12. The van der Waals surface area contributed by atoms with Crippen LogP contribution in [0.3, 0.4) is 0 Å². The predicted octanol–water partition coefficient (Wildman–Crippen LogP) is 2.91. The molecule has 11 heavy (non-hydrogen) atoms. The topological polar surface area (TPSA) is 0 Å². The standard InChI is InChI=1S/C8H9F3/c1-3-4-5-7(2)6-8(9,10)11/h1H,2,4-6H2. The molecule has 0 aliphatic carbocycles. The zero-order valence-corrected chi connectivity index (χ0v) is 6.04. The molecule has 0 saturated carbocycles. The quantitative estimate of drug-likeness (QED) is 0.442. The summed E-state index contributed by atoms with van der Waals surface area (Å²) in [5.74, 6) is 2.26. The van der Waals surface area contributed by atoms with Crippen molar-refractivity contribution in [1.29, 1.82) is 0 Å². The zero-order valence-electron chi connectivity index (χ0n) is 6.04. The van der Waals surface area contributed by atoms with Crippen molar-refractivity contribution in [3.05, 3.63) is 12.2 Å². The van der Waals surface area contributed by atoms with Crippen LogP contribution in [-0.2, 0) is 0 Å². The van der Waals surface area contributed by atoms with Crippen molar-refractivity contribution >= 4 is 0 Å². The Kier molecular flexibility index (Phi) is 3.73. The highest BCUT2D eigenvalue weighted by atomic mass is 19.4. The number of allylic oxidation sites excluding steroid dienone is 1. The molecular weight excluding hydrogens is 153 g/mol. The van der Waals surface area contributed by atoms with Gasteiger partial charge < -0.3 is 0 Å². The molecule has 0 unspecified atom stereocenters. The molecule has 0 amide bonds. The van der Waals surface area contributed by atoms with Crippen LogP contribution in [0.5, 0.6) is 0 Å². The van der Waals surface area contributed by atoms with Crippen LogP contribution in [0, 0.1) is 12.3 Å². The molecule has 0 aliphatic heterocycles. The van der Waals surface area contributed by atoms with Gasteiger partial charge in [0.25, 0.3) is 0 Å². The molecule has 0 radical (unpaired) electrons. The van der Waals surface area contributed by atoms with Gasteiger partial charge in [0, 0.05) is 6.42 Å². The highest BCUT2D eigenvalue weighted by Gasteiger charge is 2.27. The fraction of sp³-hybridized carbons (Fsp3) is 0.500. The predicted molar refractivity (Wildman–Crippen MR) is 37.9 cm³/mol. The summed E-state index contributed by atoms with van der Waals surface area (Å²) in [5.41, 5.74) is 0.149. The Morgan fingerprint density at radius 3 is 2.36 bits per heavy atom. The van der Waals surface area contributed by atoms with Gasteiger partial charge in [-0.3, -0.25) is 0 Å². The third-order valence-electron chi connectivity index (χ3n) is 1.07. The summed E-state index contributed by atoms with van der Waals surface area (Å²) in [7, 11) is 0. The van der Waals surface area contributed by atoms with Crippen LogP contribution >= 0.6 is 0 Å². The lowest BCUT2D eigenvalue weighted by atomic mass is 10.1. The lowest BCUT2D eigenvalue weighted by Crippen LogP contribution is -2.07. The molecule has 0 aromatic rings. The highest BCUT2D eigenvalue weighted by Crippen LogP contribution is 2.25. The van der Waals surface area contributed by atoms with E-state index in [4.69, 9.17) is 6.42 Å². The summed E-state index contributed by atoms with van der Waals surface area (Å²) >= 11 is 0. The van der Waals surface area contributed by atoms with E-state index in [1.54, 1.807) is 0 Å². The summed E-state index contributed by atoms with van der Waals surface area (Å²) < 4.78 is 34.9. The second kappa shape index (κ2) is 4.07. The molecule has 0 nitrogen and oxygen atoms in total. The van der Waals surface area contributed by atoms with Gasteiger partial charge in [0.2, 0.25) is 0 Å². The molecule has 0 aromatic carbocycles. The van der Waals surface area contributed by atoms with Gasteiger partial charge >= 0.3 is 6.18 Å². The Labute approximate surface area is 64.1 Å². The minimum atomic E-state index is -4.15. The number of hydrogen-bond donors (Lipinski definition) is 0. The molecule has 0 spiro atoms. The maximum atomic E-state index is 11.6. The highest BCUT2D eigenvalue weighted by molar-refractivity contribution is 5.00. The van der Waals surface area contributed by atoms with E-state index in [1.807, 2.05) is 0 Å². The first-order chi connectivity index (χ1) is 4.95. The molecule has 0 aromatic heterocycles. The van der Waals surface area contributed by atoms with Gasteiger partial charge in [-0.2, -0.15) is 13.2 Å². The molecule has 62 valence electrons. The summed E-state index contributed by atoms with van der Waals surface area (Å²) in [6.07, 6.45) is 0.387. The van der Waals surface area contributed by atoms with E-state index in [0.29, 0.717) is 6.42 Å². The molecule has 0 bridgehead atoms. The Morgan fingerprint density at radius 2 is 2.00 bits per heavy atom. The molecule has 0 aliphatic rings. The molecule has 0 rings (SSSR count). The van der Waals surface area contributed by atoms with E-state index in [1.165, 1.54) is 0 Å². The van der Waals surface area contributed by atoms with E-state index < -0.39 is 12.6 Å². The molecule has 0 N–H and O–H groups in total. The molecule has 0 fully saturated rings. The maximum Gasteiger partial charge on any atom is 0.392 e. The van der Waals surface area contributed by atoms with Crippen LogP contribution in [0.25, 0.3) is 0 Å². The van der Waals surface area contributed by atoms with E-state index in [2.05, 4.69) is 12.5 Å². The fourth-order valence-corrected chi connectivity index (χ4v) is 0.621. The van der Waals surface area contributed by atoms with Crippen molar-refractivity contribution < 1.29 is 13.2 Å². The van der Waals surface area contributed by atoms with Crippen molar-refractivity contribution in [2.24, 2.45) is 0 Å². The van der Waals surface area contributed by atoms with Gasteiger partial charge in [-0.05, 0) is 6.42 Å². The van der Waals surface area contributed by atoms with Crippen molar-refractivity contribution in [3.8, 4) is 12.3 Å². The van der Waals surface area contributed by atoms with Crippen LogP contribution in [0.4, 0.5) is 13.2 Å². The van der Waals surface area contributed by atoms with E-state index in [9.17, 15) is 13.2 Å². The monoisotopic (exact) mass is 162 g/mol.